The van der Waals surface area contributed by atoms with Crippen molar-refractivity contribution < 1.29 is 13.7 Å². The van der Waals surface area contributed by atoms with Gasteiger partial charge in [0.05, 0.1) is 22.7 Å². The van der Waals surface area contributed by atoms with Crippen LogP contribution in [0.4, 0.5) is 11.8 Å². The molecule has 1 amide bonds. The molecule has 0 aliphatic carbocycles. The Labute approximate surface area is 230 Å². The van der Waals surface area contributed by atoms with E-state index in [4.69, 9.17) is 14.7 Å². The molecule has 1 unspecified atom stereocenters. The monoisotopic (exact) mass is 549 g/mol. The topological polar surface area (TPSA) is 125 Å². The zero-order valence-electron chi connectivity index (χ0n) is 22.2. The number of aryl methyl sites for hydroxylation is 2. The van der Waals surface area contributed by atoms with Crippen LogP contribution in [0.2, 0.25) is 0 Å². The summed E-state index contributed by atoms with van der Waals surface area (Å²) in [5, 5.41) is 13.5. The molecule has 11 heteroatoms. The van der Waals surface area contributed by atoms with Gasteiger partial charge in [0.15, 0.2) is 0 Å². The normalized spacial score (nSPS) is 20.1. The van der Waals surface area contributed by atoms with Gasteiger partial charge in [0.25, 0.3) is 5.91 Å². The molecule has 6 rings (SSSR count). The van der Waals surface area contributed by atoms with E-state index in [0.717, 1.165) is 92.0 Å². The van der Waals surface area contributed by atoms with E-state index >= 15 is 0 Å². The number of aromatic amines is 1. The zero-order chi connectivity index (χ0) is 26.8. The van der Waals surface area contributed by atoms with Crippen molar-refractivity contribution in [1.82, 2.24) is 25.5 Å². The number of piperidine rings is 1. The lowest BCUT2D eigenvalue weighted by Gasteiger charge is -2.33. The molecule has 3 N–H and O–H groups in total. The molecule has 10 nitrogen and oxygen atoms in total. The Balaban J connectivity index is 1.12. The van der Waals surface area contributed by atoms with Crippen molar-refractivity contribution in [3.05, 3.63) is 58.5 Å². The highest BCUT2D eigenvalue weighted by Gasteiger charge is 2.30. The van der Waals surface area contributed by atoms with E-state index in [-0.39, 0.29) is 11.9 Å². The molecule has 39 heavy (non-hydrogen) atoms. The van der Waals surface area contributed by atoms with Gasteiger partial charge in [-0.25, -0.2) is 4.98 Å². The summed E-state index contributed by atoms with van der Waals surface area (Å²) in [5.74, 6) is 2.37. The number of carbonyl (C=O) groups is 1. The fourth-order valence-corrected chi connectivity index (χ4v) is 6.95. The molecule has 0 bridgehead atoms. The molecule has 0 radical (unpaired) electrons. The van der Waals surface area contributed by atoms with Gasteiger partial charge in [0.2, 0.25) is 5.95 Å². The summed E-state index contributed by atoms with van der Waals surface area (Å²) in [6.07, 6.45) is 6.22. The van der Waals surface area contributed by atoms with Crippen molar-refractivity contribution in [3.8, 4) is 0 Å². The number of rotatable bonds is 7. The molecular formula is C28H35N7O3S. The van der Waals surface area contributed by atoms with Crippen LogP contribution in [-0.2, 0) is 28.5 Å². The maximum absolute atomic E-state index is 12.8. The molecule has 1 aromatic carbocycles. The van der Waals surface area contributed by atoms with E-state index in [2.05, 4.69) is 31.8 Å². The number of nitrogens with one attached hydrogen (secondary N) is 3. The lowest BCUT2D eigenvalue weighted by molar-refractivity contribution is 0.0903. The second kappa shape index (κ2) is 11.4. The van der Waals surface area contributed by atoms with Crippen molar-refractivity contribution in [2.24, 2.45) is 0 Å². The summed E-state index contributed by atoms with van der Waals surface area (Å²) in [7, 11) is -1.05. The van der Waals surface area contributed by atoms with Gasteiger partial charge >= 0.3 is 0 Å². The summed E-state index contributed by atoms with van der Waals surface area (Å²) in [6, 6.07) is 8.26. The minimum Gasteiger partial charge on any atom is -0.381 e. The predicted octanol–water partition coefficient (Wildman–Crippen LogP) is 3.08. The molecule has 2 saturated heterocycles. The third-order valence-corrected chi connectivity index (χ3v) is 9.47. The second-order valence-corrected chi connectivity index (χ2v) is 12.1. The molecule has 5 heterocycles. The van der Waals surface area contributed by atoms with Crippen LogP contribution in [0.1, 0.15) is 64.5 Å². The highest BCUT2D eigenvalue weighted by atomic mass is 32.2. The number of benzene rings is 1. The minimum absolute atomic E-state index is 0.0802. The van der Waals surface area contributed by atoms with Crippen molar-refractivity contribution in [1.29, 1.82) is 0 Å². The van der Waals surface area contributed by atoms with E-state index < -0.39 is 10.8 Å². The number of hydrogen-bond acceptors (Lipinski definition) is 8. The van der Waals surface area contributed by atoms with Gasteiger partial charge in [0, 0.05) is 67.9 Å². The Hall–Kier alpha value is -3.31. The van der Waals surface area contributed by atoms with Gasteiger partial charge in [0.1, 0.15) is 10.7 Å². The number of hydrogen-bond donors (Lipinski definition) is 3. The van der Waals surface area contributed by atoms with Crippen molar-refractivity contribution >= 4 is 28.5 Å². The number of nitrogens with zero attached hydrogens (tertiary/aromatic N) is 4. The molecule has 0 saturated carbocycles. The molecule has 2 fully saturated rings. The van der Waals surface area contributed by atoms with Gasteiger partial charge in [-0.2, -0.15) is 10.1 Å². The van der Waals surface area contributed by atoms with Crippen LogP contribution in [0.5, 0.6) is 0 Å². The number of H-pyrrole nitrogens is 1. The summed E-state index contributed by atoms with van der Waals surface area (Å²) >= 11 is 0. The molecular weight excluding hydrogens is 514 g/mol. The Kier molecular flexibility index (Phi) is 7.60. The molecule has 1 atom stereocenters. The predicted molar refractivity (Wildman–Crippen MR) is 150 cm³/mol. The number of fused-ring (bicyclic) bond motifs is 1. The number of aromatic nitrogens is 4. The summed E-state index contributed by atoms with van der Waals surface area (Å²) in [5.41, 5.74) is 4.73. The molecule has 0 spiro atoms. The Morgan fingerprint density at radius 2 is 2.00 bits per heavy atom. The number of ether oxygens (including phenoxy) is 1. The lowest BCUT2D eigenvalue weighted by Crippen LogP contribution is -2.35. The Morgan fingerprint density at radius 3 is 2.77 bits per heavy atom. The van der Waals surface area contributed by atoms with E-state index in [1.54, 1.807) is 6.20 Å². The zero-order valence-corrected chi connectivity index (χ0v) is 23.1. The van der Waals surface area contributed by atoms with E-state index in [0.29, 0.717) is 23.8 Å². The highest BCUT2D eigenvalue weighted by molar-refractivity contribution is 7.85. The second-order valence-electron chi connectivity index (χ2n) is 10.6. The fourth-order valence-electron chi connectivity index (χ4n) is 5.64. The minimum atomic E-state index is -1.05. The Morgan fingerprint density at radius 1 is 1.18 bits per heavy atom. The van der Waals surface area contributed by atoms with Gasteiger partial charge in [-0.15, -0.1) is 0 Å². The van der Waals surface area contributed by atoms with Crippen LogP contribution in [0, 0.1) is 6.92 Å². The smallest absolute Gasteiger partial charge is 0.251 e. The largest absolute Gasteiger partial charge is 0.381 e. The van der Waals surface area contributed by atoms with E-state index in [9.17, 15) is 9.00 Å². The highest BCUT2D eigenvalue weighted by Crippen LogP contribution is 2.34. The van der Waals surface area contributed by atoms with Crippen LogP contribution < -0.4 is 15.5 Å². The number of carbonyl (C=O) groups excluding carboxylic acids is 1. The fraction of sp³-hybridized carbons (Fsp3) is 0.500. The first-order valence-electron chi connectivity index (χ1n) is 13.8. The van der Waals surface area contributed by atoms with Gasteiger partial charge in [-0.3, -0.25) is 14.1 Å². The average Bonchev–Trinajstić information content (AvgIpc) is 3.57. The molecule has 3 aliphatic rings. The first kappa shape index (κ1) is 25.9. The standard InChI is InChI=1S/C28H35N7O3S/c1-18-22(17-30-34-18)16-29-27(36)21-4-2-3-20(15-21)19-5-10-35(11-6-19)28-32-24-9-14-39(37)25(24)26(33-28)31-23-7-12-38-13-8-23/h2-4,15,17,19,23H,5-14,16H2,1H3,(H,29,36)(H,30,34)(H,31,32,33). The average molecular weight is 550 g/mol. The van der Waals surface area contributed by atoms with Crippen molar-refractivity contribution in [3.63, 3.8) is 0 Å². The van der Waals surface area contributed by atoms with E-state index in [1.807, 2.05) is 25.1 Å². The Bertz CT molecular complexity index is 1360. The SMILES string of the molecule is Cc1[nH]ncc1CNC(=O)c1cccc(C2CCN(c3nc4c(c(NC5CCOCC5)n3)S(=O)CC4)CC2)c1. The molecule has 3 aromatic rings. The van der Waals surface area contributed by atoms with Gasteiger partial charge in [-0.1, -0.05) is 12.1 Å². The number of amides is 1. The third kappa shape index (κ3) is 5.69. The van der Waals surface area contributed by atoms with Crippen molar-refractivity contribution in [2.75, 3.05) is 42.3 Å². The van der Waals surface area contributed by atoms with Crippen LogP contribution in [0.3, 0.4) is 0 Å². The molecule has 2 aromatic heterocycles. The number of anilines is 2. The molecule has 3 aliphatic heterocycles. The van der Waals surface area contributed by atoms with Crippen molar-refractivity contribution in [2.45, 2.75) is 62.4 Å². The first-order chi connectivity index (χ1) is 19.0. The van der Waals surface area contributed by atoms with Crippen LogP contribution in [0.25, 0.3) is 0 Å². The van der Waals surface area contributed by atoms with Gasteiger partial charge in [-0.05, 0) is 56.2 Å². The first-order valence-corrected chi connectivity index (χ1v) is 15.1. The summed E-state index contributed by atoms with van der Waals surface area (Å²) in [6.45, 7) is 5.53. The quantitative estimate of drug-likeness (QED) is 0.411. The van der Waals surface area contributed by atoms with Crippen LogP contribution >= 0.6 is 0 Å². The van der Waals surface area contributed by atoms with Gasteiger partial charge < -0.3 is 20.3 Å². The summed E-state index contributed by atoms with van der Waals surface area (Å²) in [4.78, 5) is 25.6. The van der Waals surface area contributed by atoms with Crippen LogP contribution in [-0.4, -0.2) is 68.4 Å². The van der Waals surface area contributed by atoms with Crippen LogP contribution in [0.15, 0.2) is 35.4 Å². The van der Waals surface area contributed by atoms with E-state index in [1.165, 1.54) is 5.56 Å². The maximum Gasteiger partial charge on any atom is 0.251 e. The maximum atomic E-state index is 12.8. The lowest BCUT2D eigenvalue weighted by atomic mass is 9.88. The molecule has 206 valence electrons. The summed E-state index contributed by atoms with van der Waals surface area (Å²) < 4.78 is 18.2. The third-order valence-electron chi connectivity index (χ3n) is 8.01.